The molecule has 0 saturated heterocycles. The Hall–Kier alpha value is -0.990. The van der Waals surface area contributed by atoms with Crippen molar-refractivity contribution in [1.29, 1.82) is 0 Å². The number of rotatable bonds is 50. The first kappa shape index (κ1) is 59.0. The predicted molar refractivity (Wildman–Crippen MR) is 252 cm³/mol. The zero-order valence-corrected chi connectivity index (χ0v) is 40.6. The van der Waals surface area contributed by atoms with Crippen molar-refractivity contribution in [2.75, 3.05) is 26.4 Å². The number of nitrogens with two attached hydrogens (primary N) is 1. The molecule has 0 bridgehead atoms. The number of ether oxygens (including phenoxy) is 2. The number of carbonyl (C=O) groups is 2. The SMILES string of the molecule is CCCCCCCCCCCCCCCCCCCCCCCCCCC(=O)OC(COC(=O)CCCCCCCCCCCCCCCCC)COP(=O)(O)OCCN. The maximum absolute atomic E-state index is 12.6. The number of esters is 2. The summed E-state index contributed by atoms with van der Waals surface area (Å²) in [6.07, 6.45) is 50.0. The van der Waals surface area contributed by atoms with Gasteiger partial charge in [0.15, 0.2) is 6.10 Å². The summed E-state index contributed by atoms with van der Waals surface area (Å²) in [4.78, 5) is 35.0. The quantitative estimate of drug-likeness (QED) is 0.0348. The van der Waals surface area contributed by atoms with Crippen molar-refractivity contribution >= 4 is 19.8 Å². The maximum atomic E-state index is 12.6. The van der Waals surface area contributed by atoms with Crippen LogP contribution in [0.15, 0.2) is 0 Å². The van der Waals surface area contributed by atoms with Crippen molar-refractivity contribution in [1.82, 2.24) is 0 Å². The van der Waals surface area contributed by atoms with Gasteiger partial charge < -0.3 is 20.1 Å². The zero-order chi connectivity index (χ0) is 43.9. The minimum absolute atomic E-state index is 0.0584. The molecule has 60 heavy (non-hydrogen) atoms. The summed E-state index contributed by atoms with van der Waals surface area (Å²) < 4.78 is 32.9. The van der Waals surface area contributed by atoms with Crippen LogP contribution in [0.3, 0.4) is 0 Å². The van der Waals surface area contributed by atoms with Gasteiger partial charge in [-0.25, -0.2) is 4.57 Å². The number of unbranched alkanes of at least 4 members (excludes halogenated alkanes) is 37. The third kappa shape index (κ3) is 46.5. The van der Waals surface area contributed by atoms with Crippen LogP contribution >= 0.6 is 7.82 Å². The highest BCUT2D eigenvalue weighted by Crippen LogP contribution is 2.43. The lowest BCUT2D eigenvalue weighted by Crippen LogP contribution is -2.29. The molecule has 0 fully saturated rings. The lowest BCUT2D eigenvalue weighted by Gasteiger charge is -2.19. The Bertz CT molecular complexity index is 953. The third-order valence-corrected chi connectivity index (χ3v) is 12.7. The van der Waals surface area contributed by atoms with Crippen LogP contribution in [0.5, 0.6) is 0 Å². The van der Waals surface area contributed by atoms with E-state index in [1.165, 1.54) is 212 Å². The molecule has 0 aromatic carbocycles. The van der Waals surface area contributed by atoms with Gasteiger partial charge in [0.25, 0.3) is 0 Å². The second kappa shape index (κ2) is 47.5. The average Bonchev–Trinajstić information content (AvgIpc) is 3.24. The molecule has 2 atom stereocenters. The van der Waals surface area contributed by atoms with Gasteiger partial charge in [0.05, 0.1) is 13.2 Å². The molecule has 0 spiro atoms. The monoisotopic (exact) mass is 874 g/mol. The van der Waals surface area contributed by atoms with Crippen molar-refractivity contribution < 1.29 is 37.6 Å². The molecule has 10 heteroatoms. The number of phosphoric ester groups is 1. The summed E-state index contributed by atoms with van der Waals surface area (Å²) in [6, 6.07) is 0. The molecular weight excluding hydrogens is 774 g/mol. The van der Waals surface area contributed by atoms with Gasteiger partial charge in [0.2, 0.25) is 0 Å². The van der Waals surface area contributed by atoms with Crippen LogP contribution in [-0.4, -0.2) is 49.3 Å². The molecule has 2 unspecified atom stereocenters. The molecule has 0 heterocycles. The van der Waals surface area contributed by atoms with Gasteiger partial charge in [0, 0.05) is 19.4 Å². The standard InChI is InChI=1S/C50H100NO8P/c1-3-5-7-9-11-13-15-17-19-20-21-22-23-24-25-26-27-29-31-33-35-37-39-41-43-50(53)59-48(47-58-60(54,55)57-45-44-51)46-56-49(52)42-40-38-36-34-32-30-28-18-16-14-12-10-8-6-4-2/h48H,3-47,51H2,1-2H3,(H,54,55). The second-order valence-corrected chi connectivity index (χ2v) is 19.2. The Kier molecular flexibility index (Phi) is 46.7. The van der Waals surface area contributed by atoms with Gasteiger partial charge in [-0.3, -0.25) is 18.6 Å². The van der Waals surface area contributed by atoms with E-state index in [2.05, 4.69) is 13.8 Å². The molecule has 0 aliphatic carbocycles. The van der Waals surface area contributed by atoms with Crippen LogP contribution in [0, 0.1) is 0 Å². The number of phosphoric acid groups is 1. The number of hydrogen-bond acceptors (Lipinski definition) is 8. The van der Waals surface area contributed by atoms with Gasteiger partial charge in [0.1, 0.15) is 6.61 Å². The van der Waals surface area contributed by atoms with E-state index in [-0.39, 0.29) is 38.6 Å². The molecule has 358 valence electrons. The minimum Gasteiger partial charge on any atom is -0.462 e. The molecule has 0 aromatic rings. The Morgan fingerprint density at radius 1 is 0.433 bits per heavy atom. The first-order valence-corrected chi connectivity index (χ1v) is 27.5. The smallest absolute Gasteiger partial charge is 0.462 e. The summed E-state index contributed by atoms with van der Waals surface area (Å²) in [5.41, 5.74) is 5.37. The summed E-state index contributed by atoms with van der Waals surface area (Å²) >= 11 is 0. The molecule has 0 radical (unpaired) electrons. The van der Waals surface area contributed by atoms with Crippen molar-refractivity contribution in [3.05, 3.63) is 0 Å². The fourth-order valence-corrected chi connectivity index (χ4v) is 8.64. The molecule has 0 aliphatic heterocycles. The van der Waals surface area contributed by atoms with Gasteiger partial charge in [-0.1, -0.05) is 251 Å². The largest absolute Gasteiger partial charge is 0.472 e. The Morgan fingerprint density at radius 2 is 0.717 bits per heavy atom. The summed E-state index contributed by atoms with van der Waals surface area (Å²) in [7, 11) is -4.37. The Labute approximate surface area is 371 Å². The first-order chi connectivity index (χ1) is 29.3. The van der Waals surface area contributed by atoms with Gasteiger partial charge in [-0.05, 0) is 12.8 Å². The van der Waals surface area contributed by atoms with Crippen LogP contribution in [0.2, 0.25) is 0 Å². The Morgan fingerprint density at radius 3 is 1.02 bits per heavy atom. The van der Waals surface area contributed by atoms with Crippen molar-refractivity contribution in [3.63, 3.8) is 0 Å². The van der Waals surface area contributed by atoms with E-state index < -0.39 is 26.5 Å². The van der Waals surface area contributed by atoms with E-state index in [0.717, 1.165) is 32.1 Å². The summed E-state index contributed by atoms with van der Waals surface area (Å²) in [5, 5.41) is 0. The van der Waals surface area contributed by atoms with Gasteiger partial charge in [-0.2, -0.15) is 0 Å². The van der Waals surface area contributed by atoms with E-state index in [9.17, 15) is 19.0 Å². The highest BCUT2D eigenvalue weighted by molar-refractivity contribution is 7.47. The van der Waals surface area contributed by atoms with E-state index >= 15 is 0 Å². The van der Waals surface area contributed by atoms with E-state index in [1.807, 2.05) is 0 Å². The lowest BCUT2D eigenvalue weighted by molar-refractivity contribution is -0.161. The molecule has 0 aliphatic rings. The van der Waals surface area contributed by atoms with Crippen molar-refractivity contribution in [3.8, 4) is 0 Å². The molecule has 0 aromatic heterocycles. The van der Waals surface area contributed by atoms with E-state index in [1.54, 1.807) is 0 Å². The summed E-state index contributed by atoms with van der Waals surface area (Å²) in [6.45, 7) is 3.80. The average molecular weight is 874 g/mol. The highest BCUT2D eigenvalue weighted by Gasteiger charge is 2.26. The fourth-order valence-electron chi connectivity index (χ4n) is 7.87. The van der Waals surface area contributed by atoms with Crippen molar-refractivity contribution in [2.45, 2.75) is 283 Å². The van der Waals surface area contributed by atoms with Crippen LogP contribution in [0.1, 0.15) is 277 Å². The highest BCUT2D eigenvalue weighted by atomic mass is 31.2. The van der Waals surface area contributed by atoms with Gasteiger partial charge >= 0.3 is 19.8 Å². The number of hydrogen-bond donors (Lipinski definition) is 2. The molecule has 3 N–H and O–H groups in total. The predicted octanol–water partition coefficient (Wildman–Crippen LogP) is 15.6. The molecular formula is C50H100NO8P. The van der Waals surface area contributed by atoms with E-state index in [4.69, 9.17) is 24.3 Å². The van der Waals surface area contributed by atoms with E-state index in [0.29, 0.717) is 6.42 Å². The maximum Gasteiger partial charge on any atom is 0.472 e. The molecule has 9 nitrogen and oxygen atoms in total. The fraction of sp³-hybridized carbons (Fsp3) is 0.960. The third-order valence-electron chi connectivity index (χ3n) is 11.7. The zero-order valence-electron chi connectivity index (χ0n) is 39.7. The first-order valence-electron chi connectivity index (χ1n) is 26.0. The van der Waals surface area contributed by atoms with Gasteiger partial charge in [-0.15, -0.1) is 0 Å². The summed E-state index contributed by atoms with van der Waals surface area (Å²) in [5.74, 6) is -0.807. The normalized spacial score (nSPS) is 13.1. The van der Waals surface area contributed by atoms with Crippen LogP contribution in [0.4, 0.5) is 0 Å². The molecule has 0 amide bonds. The molecule has 0 saturated carbocycles. The van der Waals surface area contributed by atoms with Crippen LogP contribution < -0.4 is 5.73 Å². The van der Waals surface area contributed by atoms with Crippen LogP contribution in [0.25, 0.3) is 0 Å². The number of carbonyl (C=O) groups excluding carboxylic acids is 2. The molecule has 0 rings (SSSR count). The Balaban J connectivity index is 3.95. The van der Waals surface area contributed by atoms with Crippen molar-refractivity contribution in [2.24, 2.45) is 5.73 Å². The second-order valence-electron chi connectivity index (χ2n) is 17.8. The topological polar surface area (TPSA) is 134 Å². The lowest BCUT2D eigenvalue weighted by atomic mass is 10.0. The van der Waals surface area contributed by atoms with Crippen LogP contribution in [-0.2, 0) is 32.7 Å². The minimum atomic E-state index is -4.37.